The van der Waals surface area contributed by atoms with Gasteiger partial charge in [0.2, 0.25) is 11.8 Å². The molecule has 1 unspecified atom stereocenters. The fourth-order valence-electron chi connectivity index (χ4n) is 2.92. The lowest BCUT2D eigenvalue weighted by molar-refractivity contribution is -0.138. The van der Waals surface area contributed by atoms with Crippen molar-refractivity contribution in [3.8, 4) is 0 Å². The van der Waals surface area contributed by atoms with E-state index >= 15 is 0 Å². The summed E-state index contributed by atoms with van der Waals surface area (Å²) in [5.41, 5.74) is 0.735. The zero-order valence-corrected chi connectivity index (χ0v) is 11.5. The van der Waals surface area contributed by atoms with Gasteiger partial charge in [-0.05, 0) is 6.92 Å². The summed E-state index contributed by atoms with van der Waals surface area (Å²) < 4.78 is 0. The Morgan fingerprint density at radius 1 is 1.50 bits per heavy atom. The molecule has 0 radical (unpaired) electrons. The van der Waals surface area contributed by atoms with Crippen molar-refractivity contribution in [2.45, 2.75) is 19.4 Å². The first kappa shape index (κ1) is 13.1. The smallest absolute Gasteiger partial charge is 0.228 e. The van der Waals surface area contributed by atoms with E-state index < -0.39 is 0 Å². The monoisotopic (exact) mass is 277 g/mol. The maximum absolute atomic E-state index is 12.6. The summed E-state index contributed by atoms with van der Waals surface area (Å²) in [6, 6.07) is 0.189. The second kappa shape index (κ2) is 5.24. The fourth-order valence-corrected chi connectivity index (χ4v) is 2.92. The van der Waals surface area contributed by atoms with Gasteiger partial charge in [0.25, 0.3) is 0 Å². The molecule has 2 atom stereocenters. The van der Waals surface area contributed by atoms with E-state index in [2.05, 4.69) is 15.5 Å². The lowest BCUT2D eigenvalue weighted by Crippen LogP contribution is -2.54. The molecule has 7 heteroatoms. The Kier molecular flexibility index (Phi) is 3.43. The molecule has 2 saturated heterocycles. The zero-order chi connectivity index (χ0) is 14.1. The number of carbonyl (C=O) groups excluding carboxylic acids is 2. The number of amides is 2. The molecule has 20 heavy (non-hydrogen) atoms. The normalized spacial score (nSPS) is 27.1. The number of piperazine rings is 1. The molecule has 2 fully saturated rings. The van der Waals surface area contributed by atoms with Crippen molar-refractivity contribution in [1.29, 1.82) is 0 Å². The largest absolute Gasteiger partial charge is 0.337 e. The highest BCUT2D eigenvalue weighted by atomic mass is 16.2. The van der Waals surface area contributed by atoms with Crippen molar-refractivity contribution in [2.75, 3.05) is 31.1 Å². The van der Waals surface area contributed by atoms with Gasteiger partial charge in [0, 0.05) is 44.8 Å². The number of carbonyl (C=O) groups is 2. The van der Waals surface area contributed by atoms with Crippen LogP contribution in [0, 0.1) is 5.92 Å². The van der Waals surface area contributed by atoms with E-state index in [4.69, 9.17) is 0 Å². The van der Waals surface area contributed by atoms with E-state index in [9.17, 15) is 9.59 Å². The Bertz CT molecular complexity index is 501. The van der Waals surface area contributed by atoms with Gasteiger partial charge in [-0.3, -0.25) is 14.7 Å². The highest BCUT2D eigenvalue weighted by Crippen LogP contribution is 2.26. The maximum atomic E-state index is 12.6. The predicted octanol–water partition coefficient (Wildman–Crippen LogP) is -0.417. The standard InChI is InChI=1S/C13H19N5O2/c1-9-5-14-2-3-17(9)13(20)10-4-12(19)18(8-10)11-6-15-16-7-11/h6-7,9-10,14H,2-5,8H2,1H3,(H,15,16)/t9-,10?/m1/s1. The van der Waals surface area contributed by atoms with Crippen LogP contribution in [-0.4, -0.2) is 59.1 Å². The molecule has 3 rings (SSSR count). The van der Waals surface area contributed by atoms with E-state index in [-0.39, 0.29) is 23.8 Å². The first-order valence-corrected chi connectivity index (χ1v) is 6.97. The van der Waals surface area contributed by atoms with Gasteiger partial charge in [-0.15, -0.1) is 0 Å². The molecule has 2 N–H and O–H groups in total. The molecule has 1 aromatic rings. The molecule has 0 aromatic carbocycles. The van der Waals surface area contributed by atoms with Crippen LogP contribution in [0.5, 0.6) is 0 Å². The second-order valence-electron chi connectivity index (χ2n) is 5.45. The maximum Gasteiger partial charge on any atom is 0.228 e. The summed E-state index contributed by atoms with van der Waals surface area (Å²) in [5, 5.41) is 9.81. The summed E-state index contributed by atoms with van der Waals surface area (Å²) in [4.78, 5) is 28.2. The molecule has 1 aromatic heterocycles. The number of aromatic nitrogens is 2. The summed E-state index contributed by atoms with van der Waals surface area (Å²) in [7, 11) is 0. The van der Waals surface area contributed by atoms with Crippen LogP contribution >= 0.6 is 0 Å². The average molecular weight is 277 g/mol. The Balaban J connectivity index is 1.69. The van der Waals surface area contributed by atoms with Gasteiger partial charge in [-0.25, -0.2) is 0 Å². The minimum atomic E-state index is -0.238. The van der Waals surface area contributed by atoms with E-state index in [0.717, 1.165) is 25.3 Å². The van der Waals surface area contributed by atoms with Crippen LogP contribution < -0.4 is 10.2 Å². The predicted molar refractivity (Wildman–Crippen MR) is 73.1 cm³/mol. The first-order chi connectivity index (χ1) is 9.66. The van der Waals surface area contributed by atoms with E-state index in [1.165, 1.54) is 0 Å². The molecule has 2 amide bonds. The molecule has 0 spiro atoms. The molecule has 2 aliphatic heterocycles. The van der Waals surface area contributed by atoms with Crippen molar-refractivity contribution in [1.82, 2.24) is 20.4 Å². The number of nitrogens with zero attached hydrogens (tertiary/aromatic N) is 3. The van der Waals surface area contributed by atoms with Crippen LogP contribution in [0.3, 0.4) is 0 Å². The van der Waals surface area contributed by atoms with Crippen LogP contribution in [0.25, 0.3) is 0 Å². The third-order valence-electron chi connectivity index (χ3n) is 4.05. The number of hydrogen-bond acceptors (Lipinski definition) is 4. The third-order valence-corrected chi connectivity index (χ3v) is 4.05. The van der Waals surface area contributed by atoms with E-state index in [0.29, 0.717) is 13.0 Å². The van der Waals surface area contributed by atoms with Gasteiger partial charge in [-0.2, -0.15) is 5.10 Å². The second-order valence-corrected chi connectivity index (χ2v) is 5.45. The highest BCUT2D eigenvalue weighted by Gasteiger charge is 2.38. The number of hydrogen-bond donors (Lipinski definition) is 2. The van der Waals surface area contributed by atoms with E-state index in [1.807, 2.05) is 11.8 Å². The minimum absolute atomic E-state index is 0.00691. The molecular formula is C13H19N5O2. The summed E-state index contributed by atoms with van der Waals surface area (Å²) in [5.74, 6) is -0.149. The van der Waals surface area contributed by atoms with Crippen LogP contribution in [0.15, 0.2) is 12.4 Å². The highest BCUT2D eigenvalue weighted by molar-refractivity contribution is 6.00. The fraction of sp³-hybridized carbons (Fsp3) is 0.615. The number of aromatic amines is 1. The Morgan fingerprint density at radius 3 is 3.05 bits per heavy atom. The Morgan fingerprint density at radius 2 is 2.35 bits per heavy atom. The van der Waals surface area contributed by atoms with Crippen molar-refractivity contribution in [3.63, 3.8) is 0 Å². The van der Waals surface area contributed by atoms with Crippen LogP contribution in [0.4, 0.5) is 5.69 Å². The lowest BCUT2D eigenvalue weighted by Gasteiger charge is -2.35. The number of rotatable bonds is 2. The van der Waals surface area contributed by atoms with Gasteiger partial charge in [0.05, 0.1) is 17.8 Å². The summed E-state index contributed by atoms with van der Waals surface area (Å²) >= 11 is 0. The van der Waals surface area contributed by atoms with Crippen molar-refractivity contribution < 1.29 is 9.59 Å². The molecule has 7 nitrogen and oxygen atoms in total. The minimum Gasteiger partial charge on any atom is -0.337 e. The first-order valence-electron chi connectivity index (χ1n) is 6.97. The Hall–Kier alpha value is -1.89. The van der Waals surface area contributed by atoms with Crippen LogP contribution in [0.1, 0.15) is 13.3 Å². The molecule has 0 aliphatic carbocycles. The number of H-pyrrole nitrogens is 1. The molecular weight excluding hydrogens is 258 g/mol. The third kappa shape index (κ3) is 2.29. The summed E-state index contributed by atoms with van der Waals surface area (Å²) in [6.07, 6.45) is 3.58. The molecule has 0 bridgehead atoms. The van der Waals surface area contributed by atoms with Crippen molar-refractivity contribution in [2.24, 2.45) is 5.92 Å². The van der Waals surface area contributed by atoms with Crippen molar-refractivity contribution >= 4 is 17.5 Å². The van der Waals surface area contributed by atoms with Gasteiger partial charge < -0.3 is 15.1 Å². The Labute approximate surface area is 117 Å². The number of anilines is 1. The van der Waals surface area contributed by atoms with Gasteiger partial charge in [0.1, 0.15) is 0 Å². The van der Waals surface area contributed by atoms with Crippen molar-refractivity contribution in [3.05, 3.63) is 12.4 Å². The van der Waals surface area contributed by atoms with E-state index in [1.54, 1.807) is 17.3 Å². The number of nitrogens with one attached hydrogen (secondary N) is 2. The molecule has 108 valence electrons. The lowest BCUT2D eigenvalue weighted by atomic mass is 10.1. The van der Waals surface area contributed by atoms with Gasteiger partial charge >= 0.3 is 0 Å². The topological polar surface area (TPSA) is 81.3 Å². The van der Waals surface area contributed by atoms with Gasteiger partial charge in [-0.1, -0.05) is 0 Å². The average Bonchev–Trinajstić information content (AvgIpc) is 3.07. The SMILES string of the molecule is C[C@@H]1CNCCN1C(=O)C1CC(=O)N(c2cn[nH]c2)C1. The van der Waals surface area contributed by atoms with Crippen LogP contribution in [-0.2, 0) is 9.59 Å². The molecule has 0 saturated carbocycles. The van der Waals surface area contributed by atoms with Crippen LogP contribution in [0.2, 0.25) is 0 Å². The zero-order valence-electron chi connectivity index (χ0n) is 11.5. The molecule has 3 heterocycles. The van der Waals surface area contributed by atoms with Gasteiger partial charge in [0.15, 0.2) is 0 Å². The quantitative estimate of drug-likeness (QED) is 0.769. The molecule has 2 aliphatic rings. The summed E-state index contributed by atoms with van der Waals surface area (Å²) in [6.45, 7) is 4.85.